The Balaban J connectivity index is 0.00000280. The maximum absolute atomic E-state index is 5.46. The predicted octanol–water partition coefficient (Wildman–Crippen LogP) is 4.61. The van der Waals surface area contributed by atoms with E-state index in [1.54, 1.807) is 7.05 Å². The molecule has 0 spiro atoms. The van der Waals surface area contributed by atoms with E-state index < -0.39 is 0 Å². The molecule has 0 bridgehead atoms. The second kappa shape index (κ2) is 11.0. The molecule has 0 saturated carbocycles. The third kappa shape index (κ3) is 5.43. The van der Waals surface area contributed by atoms with Crippen LogP contribution in [-0.4, -0.2) is 23.1 Å². The smallest absolute Gasteiger partial charge is 0.191 e. The number of aliphatic imine (C=N–C) groups is 1. The van der Waals surface area contributed by atoms with Crippen LogP contribution in [-0.2, 0) is 13.1 Å². The van der Waals surface area contributed by atoms with Gasteiger partial charge >= 0.3 is 0 Å². The van der Waals surface area contributed by atoms with E-state index in [0.717, 1.165) is 40.8 Å². The number of halogens is 1. The molecule has 0 radical (unpaired) electrons. The minimum atomic E-state index is 0. The molecule has 0 unspecified atom stereocenters. The van der Waals surface area contributed by atoms with Gasteiger partial charge < -0.3 is 15.2 Å². The maximum Gasteiger partial charge on any atom is 0.191 e. The van der Waals surface area contributed by atoms with Gasteiger partial charge in [-0.3, -0.25) is 9.98 Å². The Morgan fingerprint density at radius 1 is 1.11 bits per heavy atom. The molecule has 3 aromatic rings. The Kier molecular flexibility index (Phi) is 8.69. The molecule has 0 atom stereocenters. The predicted molar refractivity (Wildman–Crippen MR) is 124 cm³/mol. The SMILES string of the molecule is CCC(CC)c1cc(CNC(=NC)NCc2cccc3cccnc23)on1.I. The van der Waals surface area contributed by atoms with Crippen molar-refractivity contribution in [2.75, 3.05) is 7.05 Å². The van der Waals surface area contributed by atoms with Crippen molar-refractivity contribution in [1.29, 1.82) is 0 Å². The number of pyridine rings is 1. The zero-order valence-electron chi connectivity index (χ0n) is 16.6. The second-order valence-electron chi connectivity index (χ2n) is 6.50. The number of benzene rings is 1. The highest BCUT2D eigenvalue weighted by atomic mass is 127. The zero-order chi connectivity index (χ0) is 19.1. The van der Waals surface area contributed by atoms with Crippen LogP contribution in [0.3, 0.4) is 0 Å². The number of hydrogen-bond donors (Lipinski definition) is 2. The molecule has 6 nitrogen and oxygen atoms in total. The molecule has 2 aromatic heterocycles. The topological polar surface area (TPSA) is 75.3 Å². The number of aromatic nitrogens is 2. The van der Waals surface area contributed by atoms with Crippen molar-refractivity contribution in [3.8, 4) is 0 Å². The molecule has 0 fully saturated rings. The lowest BCUT2D eigenvalue weighted by atomic mass is 9.99. The van der Waals surface area contributed by atoms with Gasteiger partial charge in [-0.25, -0.2) is 0 Å². The molecule has 0 aliphatic heterocycles. The van der Waals surface area contributed by atoms with E-state index in [2.05, 4.69) is 57.8 Å². The first-order chi connectivity index (χ1) is 13.2. The van der Waals surface area contributed by atoms with E-state index in [9.17, 15) is 0 Å². The minimum Gasteiger partial charge on any atom is -0.359 e. The number of hydrogen-bond acceptors (Lipinski definition) is 4. The maximum atomic E-state index is 5.46. The van der Waals surface area contributed by atoms with E-state index in [1.165, 1.54) is 0 Å². The van der Waals surface area contributed by atoms with Crippen LogP contribution in [0, 0.1) is 0 Å². The second-order valence-corrected chi connectivity index (χ2v) is 6.50. The van der Waals surface area contributed by atoms with Crippen LogP contribution >= 0.6 is 24.0 Å². The van der Waals surface area contributed by atoms with Gasteiger partial charge in [0.05, 0.1) is 17.8 Å². The average molecular weight is 493 g/mol. The summed E-state index contributed by atoms with van der Waals surface area (Å²) in [4.78, 5) is 8.77. The highest BCUT2D eigenvalue weighted by molar-refractivity contribution is 14.0. The molecule has 0 amide bonds. The average Bonchev–Trinajstić information content (AvgIpc) is 3.18. The van der Waals surface area contributed by atoms with Crippen LogP contribution in [0.15, 0.2) is 52.1 Å². The molecule has 2 heterocycles. The van der Waals surface area contributed by atoms with Crippen LogP contribution in [0.2, 0.25) is 0 Å². The van der Waals surface area contributed by atoms with Gasteiger partial charge in [-0.1, -0.05) is 43.3 Å². The van der Waals surface area contributed by atoms with E-state index in [0.29, 0.717) is 25.0 Å². The Labute approximate surface area is 183 Å². The van der Waals surface area contributed by atoms with Crippen LogP contribution in [0.1, 0.15) is 49.6 Å². The molecular weight excluding hydrogens is 465 g/mol. The van der Waals surface area contributed by atoms with Crippen LogP contribution in [0.5, 0.6) is 0 Å². The Morgan fingerprint density at radius 3 is 2.61 bits per heavy atom. The molecule has 0 aliphatic rings. The van der Waals surface area contributed by atoms with Gasteiger partial charge in [0.25, 0.3) is 0 Å². The summed E-state index contributed by atoms with van der Waals surface area (Å²) >= 11 is 0. The van der Waals surface area contributed by atoms with Crippen molar-refractivity contribution in [3.63, 3.8) is 0 Å². The number of guanidine groups is 1. The van der Waals surface area contributed by atoms with Crippen molar-refractivity contribution in [3.05, 3.63) is 59.6 Å². The normalized spacial score (nSPS) is 11.5. The zero-order valence-corrected chi connectivity index (χ0v) is 18.9. The minimum absolute atomic E-state index is 0. The van der Waals surface area contributed by atoms with Crippen LogP contribution in [0.4, 0.5) is 0 Å². The lowest BCUT2D eigenvalue weighted by Crippen LogP contribution is -2.36. The molecule has 1 aromatic carbocycles. The summed E-state index contributed by atoms with van der Waals surface area (Å²) < 4.78 is 5.46. The van der Waals surface area contributed by atoms with Crippen molar-refractivity contribution < 1.29 is 4.52 Å². The summed E-state index contributed by atoms with van der Waals surface area (Å²) in [5.74, 6) is 1.98. The Morgan fingerprint density at radius 2 is 1.86 bits per heavy atom. The van der Waals surface area contributed by atoms with Crippen molar-refractivity contribution in [2.24, 2.45) is 4.99 Å². The number of nitrogens with one attached hydrogen (secondary N) is 2. The van der Waals surface area contributed by atoms with E-state index in [-0.39, 0.29) is 24.0 Å². The first-order valence-electron chi connectivity index (χ1n) is 9.47. The Hall–Kier alpha value is -2.16. The van der Waals surface area contributed by atoms with Gasteiger partial charge in [0.2, 0.25) is 0 Å². The van der Waals surface area contributed by atoms with Crippen LogP contribution in [0.25, 0.3) is 10.9 Å². The fourth-order valence-corrected chi connectivity index (χ4v) is 3.19. The van der Waals surface area contributed by atoms with Crippen LogP contribution < -0.4 is 10.6 Å². The number of fused-ring (bicyclic) bond motifs is 1. The third-order valence-corrected chi connectivity index (χ3v) is 4.80. The molecular formula is C21H28IN5O. The molecule has 0 saturated heterocycles. The largest absolute Gasteiger partial charge is 0.359 e. The van der Waals surface area contributed by atoms with Gasteiger partial charge in [-0.2, -0.15) is 0 Å². The molecule has 28 heavy (non-hydrogen) atoms. The number of para-hydroxylation sites is 1. The summed E-state index contributed by atoms with van der Waals surface area (Å²) in [5.41, 5.74) is 3.17. The number of rotatable bonds is 7. The van der Waals surface area contributed by atoms with Crippen molar-refractivity contribution in [2.45, 2.75) is 45.7 Å². The van der Waals surface area contributed by atoms with Crippen molar-refractivity contribution >= 4 is 40.8 Å². The standard InChI is InChI=1S/C21H27N5O.HI/c1-4-15(5-2)19-12-18(27-26-19)14-25-21(22-3)24-13-17-9-6-8-16-10-7-11-23-20(16)17;/h6-12,15H,4-5,13-14H2,1-3H3,(H2,22,24,25);1H. The molecule has 150 valence electrons. The fraction of sp³-hybridized carbons (Fsp3) is 0.381. The lowest BCUT2D eigenvalue weighted by Gasteiger charge is -2.12. The van der Waals surface area contributed by atoms with Gasteiger partial charge in [0.1, 0.15) is 0 Å². The summed E-state index contributed by atoms with van der Waals surface area (Å²) in [6.45, 7) is 5.54. The lowest BCUT2D eigenvalue weighted by molar-refractivity contribution is 0.368. The first kappa shape index (κ1) is 22.1. The molecule has 2 N–H and O–H groups in total. The van der Waals surface area contributed by atoms with E-state index in [1.807, 2.05) is 24.4 Å². The summed E-state index contributed by atoms with van der Waals surface area (Å²) in [7, 11) is 1.76. The van der Waals surface area contributed by atoms with E-state index in [4.69, 9.17) is 4.52 Å². The Bertz CT molecular complexity index is 899. The molecule has 3 rings (SSSR count). The van der Waals surface area contributed by atoms with Gasteiger partial charge in [0, 0.05) is 37.2 Å². The molecule has 0 aliphatic carbocycles. The third-order valence-electron chi connectivity index (χ3n) is 4.80. The summed E-state index contributed by atoms with van der Waals surface area (Å²) in [6, 6.07) is 12.2. The highest BCUT2D eigenvalue weighted by Gasteiger charge is 2.13. The van der Waals surface area contributed by atoms with Crippen molar-refractivity contribution in [1.82, 2.24) is 20.8 Å². The van der Waals surface area contributed by atoms with E-state index >= 15 is 0 Å². The monoisotopic (exact) mass is 493 g/mol. The highest BCUT2D eigenvalue weighted by Crippen LogP contribution is 2.22. The molecule has 7 heteroatoms. The number of nitrogens with zero attached hydrogens (tertiary/aromatic N) is 3. The van der Waals surface area contributed by atoms with Gasteiger partial charge in [0.15, 0.2) is 11.7 Å². The summed E-state index contributed by atoms with van der Waals surface area (Å²) in [5, 5.41) is 12.0. The van der Waals surface area contributed by atoms with Gasteiger partial charge in [-0.05, 0) is 24.5 Å². The quantitative estimate of drug-likeness (QED) is 0.286. The van der Waals surface area contributed by atoms with Gasteiger partial charge in [-0.15, -0.1) is 24.0 Å². The first-order valence-corrected chi connectivity index (χ1v) is 9.47. The fourth-order valence-electron chi connectivity index (χ4n) is 3.19. The summed E-state index contributed by atoms with van der Waals surface area (Å²) in [6.07, 6.45) is 3.96.